The normalized spacial score (nSPS) is 21.8. The number of nitrogens with zero attached hydrogens (tertiary/aromatic N) is 4. The molecular formula is C34H42ClN5O4. The second-order valence-corrected chi connectivity index (χ2v) is 14.8. The molecule has 234 valence electrons. The molecule has 1 aliphatic carbocycles. The van der Waals surface area contributed by atoms with Gasteiger partial charge in [0.25, 0.3) is 5.56 Å². The predicted molar refractivity (Wildman–Crippen MR) is 174 cm³/mol. The molecule has 0 spiro atoms. The lowest BCUT2D eigenvalue weighted by Crippen LogP contribution is -2.49. The van der Waals surface area contributed by atoms with Crippen LogP contribution in [-0.2, 0) is 4.74 Å². The van der Waals surface area contributed by atoms with Gasteiger partial charge in [-0.25, -0.2) is 18.9 Å². The number of nitrogens with two attached hydrogens (primary N) is 1. The third kappa shape index (κ3) is 5.58. The van der Waals surface area contributed by atoms with Crippen molar-refractivity contribution in [3.8, 4) is 16.9 Å². The molecule has 1 saturated carbocycles. The third-order valence-corrected chi connectivity index (χ3v) is 9.27. The predicted octanol–water partition coefficient (Wildman–Crippen LogP) is 6.47. The van der Waals surface area contributed by atoms with Crippen molar-refractivity contribution >= 4 is 34.8 Å². The van der Waals surface area contributed by atoms with Gasteiger partial charge < -0.3 is 15.6 Å². The topological polar surface area (TPSA) is 125 Å². The van der Waals surface area contributed by atoms with E-state index in [0.717, 1.165) is 12.8 Å². The van der Waals surface area contributed by atoms with Gasteiger partial charge in [0.1, 0.15) is 28.5 Å². The first-order chi connectivity index (χ1) is 20.5. The lowest BCUT2D eigenvalue weighted by molar-refractivity contribution is -0.0922. The molecule has 0 amide bonds. The Hall–Kier alpha value is -3.85. The van der Waals surface area contributed by atoms with Gasteiger partial charge >= 0.3 is 5.97 Å². The Morgan fingerprint density at radius 1 is 1.07 bits per heavy atom. The van der Waals surface area contributed by atoms with E-state index in [9.17, 15) is 14.7 Å². The highest BCUT2D eigenvalue weighted by Gasteiger charge is 2.48. The Labute approximate surface area is 262 Å². The Kier molecular flexibility index (Phi) is 8.08. The van der Waals surface area contributed by atoms with E-state index in [1.807, 2.05) is 0 Å². The van der Waals surface area contributed by atoms with Crippen LogP contribution in [0.25, 0.3) is 28.4 Å². The van der Waals surface area contributed by atoms with Crippen molar-refractivity contribution in [3.63, 3.8) is 0 Å². The smallest absolute Gasteiger partial charge is 0.343 e. The molecule has 5 rings (SSSR count). The maximum absolute atomic E-state index is 14.7. The van der Waals surface area contributed by atoms with Crippen LogP contribution in [0.2, 0.25) is 5.02 Å². The van der Waals surface area contributed by atoms with E-state index in [4.69, 9.17) is 22.1 Å². The number of carbonyl (C=O) groups is 1. The summed E-state index contributed by atoms with van der Waals surface area (Å²) in [6, 6.07) is 8.69. The van der Waals surface area contributed by atoms with E-state index in [0.29, 0.717) is 22.1 Å². The highest BCUT2D eigenvalue weighted by Crippen LogP contribution is 2.50. The summed E-state index contributed by atoms with van der Waals surface area (Å²) in [6.07, 6.45) is 4.73. The number of halogens is 1. The fraction of sp³-hybridized carbons (Fsp3) is 0.471. The summed E-state index contributed by atoms with van der Waals surface area (Å²) < 4.78 is 9.42. The minimum absolute atomic E-state index is 0.0294. The lowest BCUT2D eigenvalue weighted by atomic mass is 9.59. The molecular weight excluding hydrogens is 578 g/mol. The first-order valence-corrected chi connectivity index (χ1v) is 15.4. The van der Waals surface area contributed by atoms with Crippen LogP contribution in [-0.4, -0.2) is 36.3 Å². The zero-order valence-electron chi connectivity index (χ0n) is 26.7. The number of rotatable bonds is 4. The van der Waals surface area contributed by atoms with Gasteiger partial charge in [0.2, 0.25) is 0 Å². The van der Waals surface area contributed by atoms with E-state index < -0.39 is 11.5 Å². The Bertz CT molecular complexity index is 1790. The van der Waals surface area contributed by atoms with Crippen molar-refractivity contribution < 1.29 is 14.6 Å². The van der Waals surface area contributed by atoms with Crippen LogP contribution < -0.4 is 16.5 Å². The Morgan fingerprint density at radius 2 is 1.66 bits per heavy atom. The average molecular weight is 620 g/mol. The number of nitrogen functional groups attached to an aromatic ring is 1. The molecule has 0 aliphatic heterocycles. The summed E-state index contributed by atoms with van der Waals surface area (Å²) in [5.41, 5.74) is 6.52. The number of fused-ring (bicyclic) bond motifs is 1. The summed E-state index contributed by atoms with van der Waals surface area (Å²) in [4.78, 5) is 33.3. The van der Waals surface area contributed by atoms with E-state index in [2.05, 4.69) is 58.5 Å². The van der Waals surface area contributed by atoms with Crippen LogP contribution in [0, 0.1) is 28.6 Å². The van der Waals surface area contributed by atoms with E-state index in [-0.39, 0.29) is 62.6 Å². The van der Waals surface area contributed by atoms with Crippen molar-refractivity contribution in [1.29, 1.82) is 0 Å². The molecule has 1 fully saturated rings. The molecule has 0 saturated heterocycles. The van der Waals surface area contributed by atoms with Gasteiger partial charge in [0.05, 0.1) is 0 Å². The zero-order valence-corrected chi connectivity index (χ0v) is 27.4. The van der Waals surface area contributed by atoms with Crippen LogP contribution in [0.1, 0.15) is 78.6 Å². The van der Waals surface area contributed by atoms with Gasteiger partial charge in [-0.2, -0.15) is 5.10 Å². The van der Waals surface area contributed by atoms with Gasteiger partial charge in [-0.05, 0) is 60.3 Å². The number of ether oxygens (including phenoxy) is 1. The van der Waals surface area contributed by atoms with Crippen molar-refractivity contribution in [1.82, 2.24) is 19.2 Å². The average Bonchev–Trinajstić information content (AvgIpc) is 3.55. The first kappa shape index (κ1) is 31.6. The van der Waals surface area contributed by atoms with Crippen LogP contribution in [0.3, 0.4) is 0 Å². The number of carbonyl (C=O) groups excluding carboxylic acids is 1. The van der Waals surface area contributed by atoms with Gasteiger partial charge in [0, 0.05) is 34.8 Å². The van der Waals surface area contributed by atoms with E-state index in [1.165, 1.54) is 16.0 Å². The Morgan fingerprint density at radius 3 is 2.16 bits per heavy atom. The van der Waals surface area contributed by atoms with E-state index >= 15 is 0 Å². The van der Waals surface area contributed by atoms with Crippen molar-refractivity contribution in [2.75, 3.05) is 5.73 Å². The van der Waals surface area contributed by atoms with E-state index in [1.54, 1.807) is 42.7 Å². The third-order valence-electron chi connectivity index (χ3n) is 9.01. The van der Waals surface area contributed by atoms with Crippen molar-refractivity contribution in [2.45, 2.75) is 74.3 Å². The molecule has 0 radical (unpaired) electrons. The molecule has 2 atom stereocenters. The van der Waals surface area contributed by atoms with Crippen LogP contribution in [0.15, 0.2) is 47.5 Å². The van der Waals surface area contributed by atoms with Crippen molar-refractivity contribution in [2.24, 2.45) is 28.6 Å². The number of aliphatic hydroxyl groups excluding tert-OH is 1. The molecule has 1 aromatic carbocycles. The molecule has 1 aliphatic rings. The van der Waals surface area contributed by atoms with Gasteiger partial charge in [0.15, 0.2) is 11.5 Å². The number of anilines is 1. The molecule has 3 aromatic heterocycles. The van der Waals surface area contributed by atoms with Crippen LogP contribution in [0.4, 0.5) is 5.82 Å². The molecule has 44 heavy (non-hydrogen) atoms. The summed E-state index contributed by atoms with van der Waals surface area (Å²) in [6.45, 7) is 16.8. The molecule has 0 bridgehead atoms. The number of esters is 1. The maximum Gasteiger partial charge on any atom is 0.343 e. The highest BCUT2D eigenvalue weighted by molar-refractivity contribution is 6.30. The molecule has 9 nitrogen and oxygen atoms in total. The zero-order chi connectivity index (χ0) is 32.3. The highest BCUT2D eigenvalue weighted by atomic mass is 35.5. The number of benzene rings is 1. The molecule has 3 N–H and O–H groups in total. The monoisotopic (exact) mass is 619 g/mol. The number of hydrogen-bond acceptors (Lipinski definition) is 7. The molecule has 4 aromatic rings. The SMILES string of the molecule is C/C(O)=c1/c(N)nc2c(C(=O)OC3C(C(C)(C)C)CC(C)CC3C(C)(C)C)c(-c3ccc(Cl)cc3)c(-n3cccn3)n2c1=O. The minimum atomic E-state index is -0.626. The summed E-state index contributed by atoms with van der Waals surface area (Å²) in [5.74, 6) is -0.111. The number of hydrogen-bond donors (Lipinski definition) is 2. The van der Waals surface area contributed by atoms with Crippen LogP contribution in [0.5, 0.6) is 0 Å². The second kappa shape index (κ2) is 11.3. The quantitative estimate of drug-likeness (QED) is 0.251. The largest absolute Gasteiger partial charge is 0.512 e. The maximum atomic E-state index is 14.7. The standard InChI is InChI=1S/C34H42ClN5O4/c1-18-16-22(33(3,4)5)27(23(17-18)34(6,7)8)44-32(43)26-25(20-10-12-21(35)13-11-20)30(39-15-9-14-37-39)40-29(26)38-28(36)24(19(2)41)31(40)42/h9-15,18,22-23,27,41H,16-17H2,1-8H3,(H2,36,38)/b24-19+. The lowest BCUT2D eigenvalue weighted by Gasteiger charge is -2.50. The fourth-order valence-electron chi connectivity index (χ4n) is 6.82. The molecule has 2 unspecified atom stereocenters. The van der Waals surface area contributed by atoms with Crippen molar-refractivity contribution in [3.05, 3.63) is 68.9 Å². The second-order valence-electron chi connectivity index (χ2n) is 14.3. The van der Waals surface area contributed by atoms with Crippen LogP contribution >= 0.6 is 11.6 Å². The van der Waals surface area contributed by atoms with Gasteiger partial charge in [-0.3, -0.25) is 4.79 Å². The van der Waals surface area contributed by atoms with Gasteiger partial charge in [-0.1, -0.05) is 72.2 Å². The minimum Gasteiger partial charge on any atom is -0.512 e. The summed E-state index contributed by atoms with van der Waals surface area (Å²) in [7, 11) is 0. The summed E-state index contributed by atoms with van der Waals surface area (Å²) >= 11 is 6.26. The fourth-order valence-corrected chi connectivity index (χ4v) is 6.95. The number of aromatic nitrogens is 4. The Balaban J connectivity index is 1.84. The summed E-state index contributed by atoms with van der Waals surface area (Å²) in [5, 5.41) is 15.2. The molecule has 10 heteroatoms. The van der Waals surface area contributed by atoms with Gasteiger partial charge in [-0.15, -0.1) is 0 Å². The first-order valence-electron chi connectivity index (χ1n) is 15.0. The number of aliphatic hydroxyl groups is 1. The molecule has 3 heterocycles.